The van der Waals surface area contributed by atoms with Crippen molar-refractivity contribution in [2.45, 2.75) is 49.7 Å². The van der Waals surface area contributed by atoms with Crippen LogP contribution in [0, 0.1) is 0 Å². The van der Waals surface area contributed by atoms with Gasteiger partial charge in [-0.1, -0.05) is 115 Å². The molecular weight excluding hydrogens is 741 g/mol. The van der Waals surface area contributed by atoms with E-state index in [1.165, 1.54) is 6.08 Å². The van der Waals surface area contributed by atoms with Crippen LogP contribution < -0.4 is 16.0 Å². The second kappa shape index (κ2) is 20.7. The number of ketones is 1. The molecule has 14 heteroatoms. The van der Waals surface area contributed by atoms with E-state index >= 15 is 0 Å². The van der Waals surface area contributed by atoms with Crippen molar-refractivity contribution in [3.63, 3.8) is 0 Å². The maximum atomic E-state index is 14.5. The number of rotatable bonds is 20. The Balaban J connectivity index is 1.40. The molecule has 4 N–H and O–H groups in total. The maximum Gasteiger partial charge on any atom is 0.407 e. The van der Waals surface area contributed by atoms with Gasteiger partial charge in [-0.2, -0.15) is 4.79 Å². The van der Waals surface area contributed by atoms with Gasteiger partial charge in [0.2, 0.25) is 23.5 Å². The Bertz CT molecular complexity index is 2130. The monoisotopic (exact) mass is 784 g/mol. The molecule has 5 rings (SSSR count). The van der Waals surface area contributed by atoms with Crippen LogP contribution >= 0.6 is 0 Å². The van der Waals surface area contributed by atoms with Crippen LogP contribution in [0.3, 0.4) is 0 Å². The van der Waals surface area contributed by atoms with Crippen molar-refractivity contribution >= 4 is 41.8 Å². The number of fused-ring (bicyclic) bond motifs is 3. The minimum Gasteiger partial charge on any atom is -0.480 e. The summed E-state index contributed by atoms with van der Waals surface area (Å²) in [5.41, 5.74) is 14.4. The van der Waals surface area contributed by atoms with E-state index in [1.54, 1.807) is 60.7 Å². The van der Waals surface area contributed by atoms with Crippen LogP contribution in [0.5, 0.6) is 0 Å². The van der Waals surface area contributed by atoms with Gasteiger partial charge in [-0.25, -0.2) is 4.79 Å². The number of carbonyl (C=O) groups is 6. The van der Waals surface area contributed by atoms with Gasteiger partial charge >= 0.3 is 18.3 Å². The Morgan fingerprint density at radius 2 is 1.34 bits per heavy atom. The van der Waals surface area contributed by atoms with Crippen LogP contribution in [-0.2, 0) is 41.6 Å². The summed E-state index contributed by atoms with van der Waals surface area (Å²) in [7, 11) is 0. The molecule has 0 heterocycles. The number of alkyl carbamates (subject to hydrolysis) is 1. The van der Waals surface area contributed by atoms with Crippen molar-refractivity contribution in [2.75, 3.05) is 19.7 Å². The average molecular weight is 785 g/mol. The van der Waals surface area contributed by atoms with Crippen LogP contribution in [0.1, 0.15) is 41.0 Å². The van der Waals surface area contributed by atoms with E-state index in [4.69, 9.17) is 10.3 Å². The molecule has 0 radical (unpaired) electrons. The number of aliphatic carboxylic acids is 1. The predicted molar refractivity (Wildman–Crippen MR) is 214 cm³/mol. The fourth-order valence-electron chi connectivity index (χ4n) is 6.96. The summed E-state index contributed by atoms with van der Waals surface area (Å²) in [6.07, 6.45) is 0.503. The van der Waals surface area contributed by atoms with Gasteiger partial charge in [0.25, 0.3) is 0 Å². The lowest BCUT2D eigenvalue weighted by atomic mass is 9.98. The zero-order valence-electron chi connectivity index (χ0n) is 31.7. The largest absolute Gasteiger partial charge is 0.480 e. The molecule has 0 saturated carbocycles. The fourth-order valence-corrected chi connectivity index (χ4v) is 6.96. The molecule has 298 valence electrons. The van der Waals surface area contributed by atoms with Crippen LogP contribution in [0.4, 0.5) is 4.79 Å². The standard InChI is InChI=1S/C44H44N6O8/c1-2-23-50(39(42(55)46-27-40(52)53)25-30-15-7-4-8-16-30)43(56)37(22-21-31(51)26-47-45)48-41(54)38(24-29-13-5-3-6-14-29)49-44(57)58-28-36-34-19-11-9-17-32(34)33-18-10-12-20-35(33)36/h2-20,26,36-39H,1,21-25,27-28H2,(H,46,55)(H,48,54)(H,49,57)(H,52,53)/t37-,38-,39-/m0/s1. The summed E-state index contributed by atoms with van der Waals surface area (Å²) >= 11 is 0. The summed E-state index contributed by atoms with van der Waals surface area (Å²) in [4.78, 5) is 83.6. The molecule has 1 aliphatic rings. The molecule has 1 aliphatic carbocycles. The first-order chi connectivity index (χ1) is 28.1. The third-order valence-electron chi connectivity index (χ3n) is 9.70. The van der Waals surface area contributed by atoms with Gasteiger partial charge < -0.3 is 36.2 Å². The predicted octanol–water partition coefficient (Wildman–Crippen LogP) is 4.10. The van der Waals surface area contributed by atoms with Gasteiger partial charge in [0.1, 0.15) is 31.3 Å². The van der Waals surface area contributed by atoms with Crippen molar-refractivity contribution in [3.05, 3.63) is 150 Å². The summed E-state index contributed by atoms with van der Waals surface area (Å²) in [5, 5.41) is 17.0. The van der Waals surface area contributed by atoms with E-state index in [2.05, 4.69) is 27.3 Å². The van der Waals surface area contributed by atoms with Crippen molar-refractivity contribution in [2.24, 2.45) is 0 Å². The van der Waals surface area contributed by atoms with E-state index in [-0.39, 0.29) is 44.8 Å². The summed E-state index contributed by atoms with van der Waals surface area (Å²) in [6.45, 7) is 2.82. The first-order valence-electron chi connectivity index (χ1n) is 18.7. The molecule has 4 aromatic carbocycles. The van der Waals surface area contributed by atoms with Crippen LogP contribution in [-0.4, -0.2) is 94.4 Å². The van der Waals surface area contributed by atoms with E-state index in [0.717, 1.165) is 27.2 Å². The smallest absolute Gasteiger partial charge is 0.407 e. The van der Waals surface area contributed by atoms with E-state index in [9.17, 15) is 33.9 Å². The van der Waals surface area contributed by atoms with Gasteiger partial charge in [0, 0.05) is 31.7 Å². The Morgan fingerprint density at radius 1 is 0.776 bits per heavy atom. The number of carbonyl (C=O) groups excluding carboxylic acids is 5. The van der Waals surface area contributed by atoms with E-state index < -0.39 is 60.2 Å². The number of carboxylic acid groups (broad SMARTS) is 1. The molecule has 0 unspecified atom stereocenters. The zero-order valence-corrected chi connectivity index (χ0v) is 31.7. The molecule has 3 atom stereocenters. The summed E-state index contributed by atoms with van der Waals surface area (Å²) in [6, 6.07) is 29.4. The molecule has 0 saturated heterocycles. The molecule has 0 spiro atoms. The molecule has 0 bridgehead atoms. The average Bonchev–Trinajstić information content (AvgIpc) is 3.55. The zero-order chi connectivity index (χ0) is 41.4. The summed E-state index contributed by atoms with van der Waals surface area (Å²) in [5.74, 6) is -4.53. The molecule has 4 aromatic rings. The number of Topliss-reactive ketones (excluding diaryl/α,β-unsaturated/α-hetero) is 1. The molecule has 14 nitrogen and oxygen atoms in total. The van der Waals surface area contributed by atoms with Crippen molar-refractivity contribution < 1.29 is 43.4 Å². The third-order valence-corrected chi connectivity index (χ3v) is 9.70. The molecular formula is C44H44N6O8. The Morgan fingerprint density at radius 3 is 1.91 bits per heavy atom. The first-order valence-corrected chi connectivity index (χ1v) is 18.7. The Hall–Kier alpha value is -7.18. The maximum absolute atomic E-state index is 14.5. The SMILES string of the molecule is C=CCN(C(=O)[C@H](CCC(=O)C=[N+]=[N-])NC(=O)[C@H](Cc1ccccc1)NC(=O)OCC1c2ccccc2-c2ccccc21)[C@@H](Cc1ccccc1)C(=O)NCC(=O)O. The Labute approximate surface area is 335 Å². The number of hydrogen-bond donors (Lipinski definition) is 4. The highest BCUT2D eigenvalue weighted by Gasteiger charge is 2.36. The lowest BCUT2D eigenvalue weighted by Gasteiger charge is -2.34. The second-order valence-electron chi connectivity index (χ2n) is 13.6. The molecule has 0 aliphatic heterocycles. The normalized spacial score (nSPS) is 12.9. The van der Waals surface area contributed by atoms with Crippen LogP contribution in [0.2, 0.25) is 0 Å². The highest BCUT2D eigenvalue weighted by Crippen LogP contribution is 2.44. The van der Waals surface area contributed by atoms with Gasteiger partial charge in [-0.05, 0) is 39.8 Å². The molecule has 0 aromatic heterocycles. The fraction of sp³-hybridized carbons (Fsp3) is 0.250. The topological polar surface area (TPSA) is 208 Å². The second-order valence-corrected chi connectivity index (χ2v) is 13.6. The van der Waals surface area contributed by atoms with Crippen LogP contribution in [0.15, 0.2) is 122 Å². The van der Waals surface area contributed by atoms with Crippen molar-refractivity contribution in [1.29, 1.82) is 0 Å². The van der Waals surface area contributed by atoms with Gasteiger partial charge in [-0.15, -0.1) is 6.58 Å². The third kappa shape index (κ3) is 11.2. The quantitative estimate of drug-likeness (QED) is 0.0443. The minimum atomic E-state index is -1.45. The molecule has 0 fully saturated rings. The number of ether oxygens (including phenoxy) is 1. The van der Waals surface area contributed by atoms with Gasteiger partial charge in [-0.3, -0.25) is 24.0 Å². The molecule has 4 amide bonds. The number of carboxylic acids is 1. The van der Waals surface area contributed by atoms with E-state index in [0.29, 0.717) is 17.3 Å². The lowest BCUT2D eigenvalue weighted by Crippen LogP contribution is -2.59. The number of benzene rings is 4. The van der Waals surface area contributed by atoms with Gasteiger partial charge in [0.05, 0.1) is 0 Å². The van der Waals surface area contributed by atoms with Gasteiger partial charge in [0.15, 0.2) is 0 Å². The number of amides is 4. The number of hydrogen-bond acceptors (Lipinski definition) is 7. The summed E-state index contributed by atoms with van der Waals surface area (Å²) < 4.78 is 5.76. The van der Waals surface area contributed by atoms with Crippen molar-refractivity contribution in [1.82, 2.24) is 20.9 Å². The highest BCUT2D eigenvalue weighted by atomic mass is 16.5. The van der Waals surface area contributed by atoms with Crippen LogP contribution in [0.25, 0.3) is 16.7 Å². The number of nitrogens with zero attached hydrogens (tertiary/aromatic N) is 3. The first kappa shape index (κ1) is 42.0. The Kier molecular flexibility index (Phi) is 14.9. The molecule has 58 heavy (non-hydrogen) atoms. The van der Waals surface area contributed by atoms with Crippen molar-refractivity contribution in [3.8, 4) is 11.1 Å². The highest BCUT2D eigenvalue weighted by molar-refractivity contribution is 6.25. The lowest BCUT2D eigenvalue weighted by molar-refractivity contribution is -0.144. The minimum absolute atomic E-state index is 0.00151. The number of nitrogens with one attached hydrogen (secondary N) is 3. The van der Waals surface area contributed by atoms with E-state index in [1.807, 2.05) is 48.5 Å².